The van der Waals surface area contributed by atoms with Crippen LogP contribution in [0.1, 0.15) is 12.8 Å². The number of hydrogen-bond donors (Lipinski definition) is 2. The number of hydrogen-bond acceptors (Lipinski definition) is 6. The lowest BCUT2D eigenvalue weighted by Gasteiger charge is -2.32. The maximum atomic E-state index is 11.6. The molecule has 20 heavy (non-hydrogen) atoms. The van der Waals surface area contributed by atoms with E-state index in [0.717, 1.165) is 6.07 Å². The number of nitro groups is 1. The number of piperidine rings is 1. The molecule has 0 atom stereocenters. The monoisotopic (exact) mass is 301 g/mol. The van der Waals surface area contributed by atoms with Gasteiger partial charge in [0.15, 0.2) is 0 Å². The van der Waals surface area contributed by atoms with Gasteiger partial charge in [-0.2, -0.15) is 0 Å². The van der Waals surface area contributed by atoms with Gasteiger partial charge in [0.05, 0.1) is 16.7 Å². The van der Waals surface area contributed by atoms with Gasteiger partial charge in [0.25, 0.3) is 5.69 Å². The summed E-state index contributed by atoms with van der Waals surface area (Å²) in [4.78, 5) is 11.6. The second-order valence-corrected chi connectivity index (χ2v) is 6.20. The van der Waals surface area contributed by atoms with Crippen LogP contribution in [0.4, 0.5) is 11.4 Å². The third-order valence-corrected chi connectivity index (χ3v) is 4.21. The zero-order valence-electron chi connectivity index (χ0n) is 10.6. The van der Waals surface area contributed by atoms with Gasteiger partial charge in [0, 0.05) is 25.2 Å². The van der Waals surface area contributed by atoms with E-state index < -0.39 is 21.1 Å². The highest BCUT2D eigenvalue weighted by Crippen LogP contribution is 2.30. The number of nitrogens with zero attached hydrogens (tertiary/aromatic N) is 2. The van der Waals surface area contributed by atoms with Crippen molar-refractivity contribution >= 4 is 21.4 Å². The van der Waals surface area contributed by atoms with Crippen LogP contribution in [0.5, 0.6) is 0 Å². The van der Waals surface area contributed by atoms with Crippen molar-refractivity contribution in [3.63, 3.8) is 0 Å². The van der Waals surface area contributed by atoms with Crippen LogP contribution in [0.15, 0.2) is 23.1 Å². The van der Waals surface area contributed by atoms with E-state index in [1.54, 1.807) is 4.90 Å². The van der Waals surface area contributed by atoms with Gasteiger partial charge >= 0.3 is 0 Å². The Labute approximate surface area is 116 Å². The first-order valence-corrected chi connectivity index (χ1v) is 7.58. The van der Waals surface area contributed by atoms with E-state index in [2.05, 4.69) is 0 Å². The largest absolute Gasteiger partial charge is 0.393 e. The molecule has 1 aromatic carbocycles. The summed E-state index contributed by atoms with van der Waals surface area (Å²) in [6.45, 7) is 0.947. The van der Waals surface area contributed by atoms with Gasteiger partial charge < -0.3 is 10.0 Å². The second-order valence-electron chi connectivity index (χ2n) is 4.67. The van der Waals surface area contributed by atoms with Crippen LogP contribution in [0.2, 0.25) is 0 Å². The summed E-state index contributed by atoms with van der Waals surface area (Å²) < 4.78 is 23.2. The van der Waals surface area contributed by atoms with Gasteiger partial charge in [-0.3, -0.25) is 10.1 Å². The molecule has 1 fully saturated rings. The molecule has 0 amide bonds. The minimum absolute atomic E-state index is 0.261. The number of aliphatic hydroxyl groups excluding tert-OH is 1. The number of aliphatic hydroxyl groups is 1. The lowest BCUT2D eigenvalue weighted by molar-refractivity contribution is -0.385. The number of anilines is 1. The predicted molar refractivity (Wildman–Crippen MR) is 71.9 cm³/mol. The molecule has 8 nitrogen and oxygen atoms in total. The van der Waals surface area contributed by atoms with Gasteiger partial charge in [-0.25, -0.2) is 13.6 Å². The topological polar surface area (TPSA) is 127 Å². The summed E-state index contributed by atoms with van der Waals surface area (Å²) in [5.41, 5.74) is 0.0137. The first-order chi connectivity index (χ1) is 9.29. The molecular formula is C11H15N3O5S. The first-order valence-electron chi connectivity index (χ1n) is 6.03. The molecule has 1 aliphatic rings. The van der Waals surface area contributed by atoms with Gasteiger partial charge in [-0.1, -0.05) is 0 Å². The molecule has 1 aliphatic heterocycles. The highest BCUT2D eigenvalue weighted by atomic mass is 32.2. The smallest absolute Gasteiger partial charge is 0.270 e. The molecule has 0 aromatic heterocycles. The molecular weight excluding hydrogens is 286 g/mol. The highest BCUT2D eigenvalue weighted by molar-refractivity contribution is 7.89. The average Bonchev–Trinajstić information content (AvgIpc) is 2.38. The minimum atomic E-state index is -4.06. The van der Waals surface area contributed by atoms with Crippen molar-refractivity contribution < 1.29 is 18.4 Å². The number of non-ortho nitro benzene ring substituents is 1. The molecule has 110 valence electrons. The maximum Gasteiger partial charge on any atom is 0.270 e. The predicted octanol–water partition coefficient (Wildman–Crippen LogP) is 0.203. The van der Waals surface area contributed by atoms with Crippen LogP contribution < -0.4 is 10.0 Å². The van der Waals surface area contributed by atoms with Gasteiger partial charge in [0.1, 0.15) is 4.90 Å². The van der Waals surface area contributed by atoms with Crippen molar-refractivity contribution in [1.29, 1.82) is 0 Å². The Bertz CT molecular complexity index is 623. The Kier molecular flexibility index (Phi) is 3.93. The molecule has 0 aliphatic carbocycles. The van der Waals surface area contributed by atoms with Crippen molar-refractivity contribution in [2.45, 2.75) is 23.8 Å². The lowest BCUT2D eigenvalue weighted by atomic mass is 10.1. The molecule has 0 saturated carbocycles. The zero-order chi connectivity index (χ0) is 14.9. The Hall–Kier alpha value is -1.71. The molecule has 1 saturated heterocycles. The SMILES string of the molecule is NS(=O)(=O)c1cc([N+](=O)[O-])ccc1N1CCC(O)CC1. The van der Waals surface area contributed by atoms with Crippen molar-refractivity contribution in [1.82, 2.24) is 0 Å². The van der Waals surface area contributed by atoms with Crippen LogP contribution >= 0.6 is 0 Å². The number of sulfonamides is 1. The number of rotatable bonds is 3. The molecule has 3 N–H and O–H groups in total. The molecule has 0 bridgehead atoms. The summed E-state index contributed by atoms with van der Waals surface area (Å²) in [6.07, 6.45) is 0.629. The van der Waals surface area contributed by atoms with Crippen molar-refractivity contribution in [2.24, 2.45) is 5.14 Å². The van der Waals surface area contributed by atoms with Crippen LogP contribution in [0, 0.1) is 10.1 Å². The zero-order valence-corrected chi connectivity index (χ0v) is 11.4. The summed E-state index contributed by atoms with van der Waals surface area (Å²) in [7, 11) is -4.06. The minimum Gasteiger partial charge on any atom is -0.393 e. The standard InChI is InChI=1S/C11H15N3O5S/c12-20(18,19)11-7-8(14(16)17)1-2-10(11)13-5-3-9(15)4-6-13/h1-2,7,9,15H,3-6H2,(H2,12,18,19). The quantitative estimate of drug-likeness (QED) is 0.606. The summed E-state index contributed by atoms with van der Waals surface area (Å²) in [5, 5.41) is 25.3. The molecule has 9 heteroatoms. The molecule has 0 spiro atoms. The molecule has 1 heterocycles. The fraction of sp³-hybridized carbons (Fsp3) is 0.455. The third kappa shape index (κ3) is 3.06. The van der Waals surface area contributed by atoms with Crippen LogP contribution in [-0.4, -0.2) is 37.6 Å². The fourth-order valence-electron chi connectivity index (χ4n) is 2.21. The second kappa shape index (κ2) is 5.35. The van der Waals surface area contributed by atoms with Gasteiger partial charge in [-0.15, -0.1) is 0 Å². The van der Waals surface area contributed by atoms with Crippen LogP contribution in [0.25, 0.3) is 0 Å². The number of nitrogens with two attached hydrogens (primary N) is 1. The Morgan fingerprint density at radius 3 is 2.45 bits per heavy atom. The molecule has 1 aromatic rings. The Morgan fingerprint density at radius 2 is 1.95 bits per heavy atom. The van der Waals surface area contributed by atoms with E-state index in [4.69, 9.17) is 5.14 Å². The van der Waals surface area contributed by atoms with Crippen molar-refractivity contribution in [2.75, 3.05) is 18.0 Å². The third-order valence-electron chi connectivity index (χ3n) is 3.27. The maximum absolute atomic E-state index is 11.6. The summed E-state index contributed by atoms with van der Waals surface area (Å²) in [5.74, 6) is 0. The van der Waals surface area contributed by atoms with Crippen molar-refractivity contribution in [3.05, 3.63) is 28.3 Å². The van der Waals surface area contributed by atoms with E-state index in [1.165, 1.54) is 12.1 Å². The highest BCUT2D eigenvalue weighted by Gasteiger charge is 2.25. The van der Waals surface area contributed by atoms with E-state index >= 15 is 0 Å². The van der Waals surface area contributed by atoms with Crippen molar-refractivity contribution in [3.8, 4) is 0 Å². The lowest BCUT2D eigenvalue weighted by Crippen LogP contribution is -2.36. The molecule has 0 radical (unpaired) electrons. The van der Waals surface area contributed by atoms with E-state index in [1.807, 2.05) is 0 Å². The average molecular weight is 301 g/mol. The van der Waals surface area contributed by atoms with Gasteiger partial charge in [-0.05, 0) is 18.9 Å². The number of nitro benzene ring substituents is 1. The van der Waals surface area contributed by atoms with E-state index in [9.17, 15) is 23.6 Å². The first kappa shape index (κ1) is 14.7. The Balaban J connectivity index is 2.45. The van der Waals surface area contributed by atoms with Gasteiger partial charge in [0.2, 0.25) is 10.0 Å². The van der Waals surface area contributed by atoms with Crippen LogP contribution in [0.3, 0.4) is 0 Å². The fourth-order valence-corrected chi connectivity index (χ4v) is 2.99. The molecule has 0 unspecified atom stereocenters. The van der Waals surface area contributed by atoms with E-state index in [0.29, 0.717) is 31.6 Å². The van der Waals surface area contributed by atoms with Crippen LogP contribution in [-0.2, 0) is 10.0 Å². The normalized spacial score (nSPS) is 17.2. The molecule has 2 rings (SSSR count). The summed E-state index contributed by atoms with van der Waals surface area (Å²) in [6, 6.07) is 3.60. The van der Waals surface area contributed by atoms with E-state index in [-0.39, 0.29) is 10.6 Å². The number of primary sulfonamides is 1. The summed E-state index contributed by atoms with van der Waals surface area (Å²) >= 11 is 0. The number of benzene rings is 1. The Morgan fingerprint density at radius 1 is 1.35 bits per heavy atom.